The predicted octanol–water partition coefficient (Wildman–Crippen LogP) is 4.57. The summed E-state index contributed by atoms with van der Waals surface area (Å²) in [4.78, 5) is 14.5. The van der Waals surface area contributed by atoms with Crippen molar-refractivity contribution in [2.24, 2.45) is 0 Å². The molecule has 3 nitrogen and oxygen atoms in total. The van der Waals surface area contributed by atoms with Crippen LogP contribution in [0.2, 0.25) is 0 Å². The Morgan fingerprint density at radius 1 is 0.963 bits per heavy atom. The molecule has 0 unspecified atom stereocenters. The molecule has 0 amide bonds. The van der Waals surface area contributed by atoms with E-state index in [1.165, 1.54) is 28.7 Å². The Hall–Kier alpha value is -2.65. The molecule has 2 aliphatic rings. The van der Waals surface area contributed by atoms with Crippen LogP contribution in [0.4, 0.5) is 0 Å². The quantitative estimate of drug-likeness (QED) is 0.644. The maximum atomic E-state index is 12.1. The minimum Gasteiger partial charge on any atom is -0.423 e. The normalized spacial score (nSPS) is 17.1. The highest BCUT2D eigenvalue weighted by atomic mass is 16.4. The van der Waals surface area contributed by atoms with Gasteiger partial charge in [0.25, 0.3) is 0 Å². The summed E-state index contributed by atoms with van der Waals surface area (Å²) in [5.74, 6) is 0. The van der Waals surface area contributed by atoms with Gasteiger partial charge in [-0.25, -0.2) is 4.79 Å². The molecule has 5 rings (SSSR count). The first-order valence-electron chi connectivity index (χ1n) is 9.81. The Morgan fingerprint density at radius 3 is 2.56 bits per heavy atom. The molecule has 3 heteroatoms. The van der Waals surface area contributed by atoms with Crippen molar-refractivity contribution in [1.82, 2.24) is 4.90 Å². The lowest BCUT2D eigenvalue weighted by molar-refractivity contribution is 0.294. The van der Waals surface area contributed by atoms with E-state index in [-0.39, 0.29) is 5.63 Å². The van der Waals surface area contributed by atoms with Crippen LogP contribution in [0.3, 0.4) is 0 Å². The molecule has 2 heterocycles. The molecule has 0 saturated heterocycles. The maximum absolute atomic E-state index is 12.1. The SMILES string of the molecule is O=c1cc(CN2CC=C(c3ccccc3)CC2)c2cc3c(cc2o1)CCC3. The van der Waals surface area contributed by atoms with E-state index in [2.05, 4.69) is 53.4 Å². The largest absolute Gasteiger partial charge is 0.423 e. The number of benzene rings is 2. The van der Waals surface area contributed by atoms with E-state index in [1.54, 1.807) is 6.07 Å². The molecule has 1 aliphatic carbocycles. The molecule has 0 saturated carbocycles. The number of aryl methyl sites for hydroxylation is 2. The van der Waals surface area contributed by atoms with E-state index in [0.717, 1.165) is 55.4 Å². The van der Waals surface area contributed by atoms with Crippen molar-refractivity contribution in [2.45, 2.75) is 32.2 Å². The fourth-order valence-corrected chi connectivity index (χ4v) is 4.44. The Kier molecular flexibility index (Phi) is 4.17. The average molecular weight is 357 g/mol. The Balaban J connectivity index is 1.42. The van der Waals surface area contributed by atoms with Crippen molar-refractivity contribution in [3.8, 4) is 0 Å². The second kappa shape index (κ2) is 6.82. The topological polar surface area (TPSA) is 33.5 Å². The van der Waals surface area contributed by atoms with Crippen LogP contribution in [0.25, 0.3) is 16.5 Å². The third-order valence-corrected chi connectivity index (χ3v) is 5.87. The summed E-state index contributed by atoms with van der Waals surface area (Å²) in [6, 6.07) is 16.6. The number of hydrogen-bond acceptors (Lipinski definition) is 3. The van der Waals surface area contributed by atoms with Gasteiger partial charge in [0.1, 0.15) is 5.58 Å². The van der Waals surface area contributed by atoms with Crippen LogP contribution < -0.4 is 5.63 Å². The van der Waals surface area contributed by atoms with Gasteiger partial charge in [0, 0.05) is 31.1 Å². The summed E-state index contributed by atoms with van der Waals surface area (Å²) in [5, 5.41) is 1.10. The molecule has 0 atom stereocenters. The van der Waals surface area contributed by atoms with E-state index in [4.69, 9.17) is 4.42 Å². The lowest BCUT2D eigenvalue weighted by atomic mass is 9.98. The van der Waals surface area contributed by atoms with Crippen LogP contribution >= 0.6 is 0 Å². The van der Waals surface area contributed by atoms with Gasteiger partial charge in [0.15, 0.2) is 0 Å². The van der Waals surface area contributed by atoms with Crippen molar-refractivity contribution in [3.63, 3.8) is 0 Å². The summed E-state index contributed by atoms with van der Waals surface area (Å²) < 4.78 is 5.51. The number of rotatable bonds is 3. The lowest BCUT2D eigenvalue weighted by Gasteiger charge is -2.27. The standard InChI is InChI=1S/C24H23NO2/c26-24-15-21(22-13-19-7-4-8-20(19)14-23(22)27-24)16-25-11-9-18(10-12-25)17-5-2-1-3-6-17/h1-3,5-6,9,13-15H,4,7-8,10-12,16H2. The average Bonchev–Trinajstić information content (AvgIpc) is 3.15. The van der Waals surface area contributed by atoms with Gasteiger partial charge in [-0.15, -0.1) is 0 Å². The highest BCUT2D eigenvalue weighted by Crippen LogP contribution is 2.30. The van der Waals surface area contributed by atoms with Crippen molar-refractivity contribution < 1.29 is 4.42 Å². The van der Waals surface area contributed by atoms with Crippen LogP contribution in [0.5, 0.6) is 0 Å². The molecular weight excluding hydrogens is 334 g/mol. The molecule has 0 N–H and O–H groups in total. The van der Waals surface area contributed by atoms with Gasteiger partial charge in [-0.1, -0.05) is 36.4 Å². The summed E-state index contributed by atoms with van der Waals surface area (Å²) in [7, 11) is 0. The third kappa shape index (κ3) is 3.24. The first-order chi connectivity index (χ1) is 13.3. The third-order valence-electron chi connectivity index (χ3n) is 5.87. The highest BCUT2D eigenvalue weighted by Gasteiger charge is 2.18. The molecule has 1 aromatic heterocycles. The summed E-state index contributed by atoms with van der Waals surface area (Å²) in [6.45, 7) is 2.71. The van der Waals surface area contributed by atoms with Crippen LogP contribution in [-0.2, 0) is 19.4 Å². The van der Waals surface area contributed by atoms with Gasteiger partial charge >= 0.3 is 5.63 Å². The van der Waals surface area contributed by atoms with Crippen LogP contribution in [0.15, 0.2) is 63.8 Å². The summed E-state index contributed by atoms with van der Waals surface area (Å²) in [6.07, 6.45) is 6.79. The fourth-order valence-electron chi connectivity index (χ4n) is 4.44. The fraction of sp³-hybridized carbons (Fsp3) is 0.292. The Labute approximate surface area is 158 Å². The zero-order valence-corrected chi connectivity index (χ0v) is 15.4. The molecule has 3 aromatic rings. The van der Waals surface area contributed by atoms with E-state index in [1.807, 2.05) is 0 Å². The number of fused-ring (bicyclic) bond motifs is 2. The Morgan fingerprint density at radius 2 is 1.78 bits per heavy atom. The second-order valence-corrected chi connectivity index (χ2v) is 7.64. The highest BCUT2D eigenvalue weighted by molar-refractivity contribution is 5.82. The van der Waals surface area contributed by atoms with Crippen LogP contribution in [0, 0.1) is 0 Å². The molecule has 0 fully saturated rings. The molecule has 0 radical (unpaired) electrons. The molecule has 27 heavy (non-hydrogen) atoms. The van der Waals surface area contributed by atoms with Crippen LogP contribution in [-0.4, -0.2) is 18.0 Å². The van der Waals surface area contributed by atoms with E-state index in [0.29, 0.717) is 0 Å². The summed E-state index contributed by atoms with van der Waals surface area (Å²) in [5.41, 5.74) is 7.09. The van der Waals surface area contributed by atoms with E-state index < -0.39 is 0 Å². The van der Waals surface area contributed by atoms with Crippen molar-refractivity contribution in [1.29, 1.82) is 0 Å². The van der Waals surface area contributed by atoms with Gasteiger partial charge < -0.3 is 4.42 Å². The van der Waals surface area contributed by atoms with E-state index >= 15 is 0 Å². The Bertz CT molecular complexity index is 1080. The second-order valence-electron chi connectivity index (χ2n) is 7.64. The summed E-state index contributed by atoms with van der Waals surface area (Å²) >= 11 is 0. The first kappa shape index (κ1) is 16.5. The first-order valence-corrected chi connectivity index (χ1v) is 9.81. The maximum Gasteiger partial charge on any atom is 0.336 e. The lowest BCUT2D eigenvalue weighted by Crippen LogP contribution is -2.28. The van der Waals surface area contributed by atoms with Crippen LogP contribution in [0.1, 0.15) is 35.1 Å². The molecule has 136 valence electrons. The van der Waals surface area contributed by atoms with E-state index in [9.17, 15) is 4.79 Å². The number of nitrogens with zero attached hydrogens (tertiary/aromatic N) is 1. The van der Waals surface area contributed by atoms with Gasteiger partial charge in [0.05, 0.1) is 0 Å². The molecule has 0 bridgehead atoms. The molecular formula is C24H23NO2. The van der Waals surface area contributed by atoms with Crippen molar-refractivity contribution in [3.05, 3.63) is 87.3 Å². The molecule has 2 aromatic carbocycles. The van der Waals surface area contributed by atoms with Gasteiger partial charge in [-0.2, -0.15) is 0 Å². The van der Waals surface area contributed by atoms with Gasteiger partial charge in [-0.05, 0) is 65.6 Å². The number of hydrogen-bond donors (Lipinski definition) is 0. The monoisotopic (exact) mass is 357 g/mol. The van der Waals surface area contributed by atoms with Crippen molar-refractivity contribution >= 4 is 16.5 Å². The van der Waals surface area contributed by atoms with Gasteiger partial charge in [-0.3, -0.25) is 4.90 Å². The molecule has 0 spiro atoms. The smallest absolute Gasteiger partial charge is 0.336 e. The predicted molar refractivity (Wildman–Crippen MR) is 109 cm³/mol. The zero-order valence-electron chi connectivity index (χ0n) is 15.4. The van der Waals surface area contributed by atoms with Gasteiger partial charge in [0.2, 0.25) is 0 Å². The van der Waals surface area contributed by atoms with Crippen molar-refractivity contribution in [2.75, 3.05) is 13.1 Å². The minimum absolute atomic E-state index is 0.243. The minimum atomic E-state index is -0.243. The molecule has 1 aliphatic heterocycles. The zero-order chi connectivity index (χ0) is 18.2.